The average Bonchev–Trinajstić information content (AvgIpc) is 2.82. The van der Waals surface area contributed by atoms with Gasteiger partial charge in [0.05, 0.1) is 0 Å². The van der Waals surface area contributed by atoms with Crippen molar-refractivity contribution < 1.29 is 9.47 Å². The summed E-state index contributed by atoms with van der Waals surface area (Å²) in [5.74, 6) is 3.51. The van der Waals surface area contributed by atoms with Crippen LogP contribution < -0.4 is 9.47 Å². The largest absolute Gasteiger partial charge is 0.457 e. The summed E-state index contributed by atoms with van der Waals surface area (Å²) in [5.41, 5.74) is 2.73. The molecule has 0 amide bonds. The zero-order valence-electron chi connectivity index (χ0n) is 17.7. The van der Waals surface area contributed by atoms with E-state index in [4.69, 9.17) is 9.47 Å². The zero-order chi connectivity index (χ0) is 21.1. The van der Waals surface area contributed by atoms with Crippen LogP contribution in [0.1, 0.15) is 30.4 Å². The molecule has 4 aromatic rings. The maximum absolute atomic E-state index is 5.86. The number of rotatable bonds is 10. The number of aryl methyl sites for hydroxylation is 2. The van der Waals surface area contributed by atoms with Crippen molar-refractivity contribution in [2.45, 2.75) is 32.1 Å². The van der Waals surface area contributed by atoms with E-state index in [1.165, 1.54) is 30.4 Å². The molecular formula is C29H28O2. The maximum Gasteiger partial charge on any atom is 0.127 e. The smallest absolute Gasteiger partial charge is 0.127 e. The first-order valence-electron chi connectivity index (χ1n) is 11.0. The highest BCUT2D eigenvalue weighted by Crippen LogP contribution is 2.23. The van der Waals surface area contributed by atoms with E-state index in [2.05, 4.69) is 48.5 Å². The molecule has 0 bridgehead atoms. The van der Waals surface area contributed by atoms with Crippen molar-refractivity contribution in [3.05, 3.63) is 120 Å². The Hall–Kier alpha value is -3.52. The zero-order valence-corrected chi connectivity index (χ0v) is 17.7. The molecule has 0 atom stereocenters. The molecule has 0 heterocycles. The number of hydrogen-bond donors (Lipinski definition) is 0. The van der Waals surface area contributed by atoms with Gasteiger partial charge in [0, 0.05) is 0 Å². The highest BCUT2D eigenvalue weighted by Gasteiger charge is 2.00. The van der Waals surface area contributed by atoms with Crippen LogP contribution in [0.5, 0.6) is 23.0 Å². The van der Waals surface area contributed by atoms with E-state index in [1.807, 2.05) is 60.7 Å². The van der Waals surface area contributed by atoms with Crippen LogP contribution in [0.25, 0.3) is 0 Å². The summed E-state index contributed by atoms with van der Waals surface area (Å²) in [7, 11) is 0. The Balaban J connectivity index is 1.15. The summed E-state index contributed by atoms with van der Waals surface area (Å²) in [4.78, 5) is 0. The molecule has 0 spiro atoms. The van der Waals surface area contributed by atoms with Crippen molar-refractivity contribution in [1.82, 2.24) is 0 Å². The molecule has 156 valence electrons. The normalized spacial score (nSPS) is 10.6. The molecule has 0 saturated heterocycles. The van der Waals surface area contributed by atoms with E-state index in [-0.39, 0.29) is 0 Å². The van der Waals surface area contributed by atoms with Gasteiger partial charge in [0.25, 0.3) is 0 Å². The Kier molecular flexibility index (Phi) is 7.38. The minimum absolute atomic E-state index is 0.870. The lowest BCUT2D eigenvalue weighted by molar-refractivity contribution is 0.482. The van der Waals surface area contributed by atoms with E-state index in [0.29, 0.717) is 0 Å². The lowest BCUT2D eigenvalue weighted by Gasteiger charge is -2.08. The predicted molar refractivity (Wildman–Crippen MR) is 127 cm³/mol. The van der Waals surface area contributed by atoms with Gasteiger partial charge in [-0.1, -0.05) is 67.1 Å². The van der Waals surface area contributed by atoms with Crippen molar-refractivity contribution in [3.63, 3.8) is 0 Å². The highest BCUT2D eigenvalue weighted by atomic mass is 16.5. The number of unbranched alkanes of at least 4 members (excludes halogenated alkanes) is 2. The quantitative estimate of drug-likeness (QED) is 0.246. The summed E-state index contributed by atoms with van der Waals surface area (Å²) in [6.07, 6.45) is 5.84. The summed E-state index contributed by atoms with van der Waals surface area (Å²) >= 11 is 0. The molecule has 0 N–H and O–H groups in total. The second kappa shape index (κ2) is 11.0. The minimum atomic E-state index is 0.870. The van der Waals surface area contributed by atoms with Crippen LogP contribution in [0, 0.1) is 0 Å². The molecule has 0 aliphatic rings. The van der Waals surface area contributed by atoms with Gasteiger partial charge >= 0.3 is 0 Å². The Morgan fingerprint density at radius 1 is 0.355 bits per heavy atom. The number of benzene rings is 4. The van der Waals surface area contributed by atoms with Crippen molar-refractivity contribution in [3.8, 4) is 23.0 Å². The number of ether oxygens (including phenoxy) is 2. The van der Waals surface area contributed by atoms with Crippen molar-refractivity contribution in [2.75, 3.05) is 0 Å². The third kappa shape index (κ3) is 6.75. The lowest BCUT2D eigenvalue weighted by Crippen LogP contribution is -1.90. The molecule has 2 nitrogen and oxygen atoms in total. The van der Waals surface area contributed by atoms with Gasteiger partial charge in [-0.15, -0.1) is 0 Å². The van der Waals surface area contributed by atoms with Gasteiger partial charge in [-0.25, -0.2) is 0 Å². The minimum Gasteiger partial charge on any atom is -0.457 e. The summed E-state index contributed by atoms with van der Waals surface area (Å²) in [6, 6.07) is 36.7. The molecule has 0 aromatic heterocycles. The van der Waals surface area contributed by atoms with Crippen LogP contribution in [0.4, 0.5) is 0 Å². The molecule has 0 saturated carbocycles. The van der Waals surface area contributed by atoms with E-state index in [9.17, 15) is 0 Å². The van der Waals surface area contributed by atoms with E-state index >= 15 is 0 Å². The summed E-state index contributed by atoms with van der Waals surface area (Å²) in [5, 5.41) is 0. The first-order valence-corrected chi connectivity index (χ1v) is 11.0. The van der Waals surface area contributed by atoms with Crippen LogP contribution >= 0.6 is 0 Å². The van der Waals surface area contributed by atoms with E-state index in [0.717, 1.165) is 35.8 Å². The molecular weight excluding hydrogens is 380 g/mol. The van der Waals surface area contributed by atoms with Crippen molar-refractivity contribution in [1.29, 1.82) is 0 Å². The van der Waals surface area contributed by atoms with E-state index in [1.54, 1.807) is 0 Å². The fourth-order valence-corrected chi connectivity index (χ4v) is 3.53. The molecule has 2 heteroatoms. The second-order valence-electron chi connectivity index (χ2n) is 7.68. The Morgan fingerprint density at radius 3 is 1.10 bits per heavy atom. The SMILES string of the molecule is c1ccc(Oc2ccc(CCCCCc3ccc(Oc4ccccc4)cc3)cc2)cc1. The van der Waals surface area contributed by atoms with E-state index < -0.39 is 0 Å². The second-order valence-corrected chi connectivity index (χ2v) is 7.68. The van der Waals surface area contributed by atoms with Gasteiger partial charge in [0.1, 0.15) is 23.0 Å². The third-order valence-corrected chi connectivity index (χ3v) is 5.24. The number of hydrogen-bond acceptors (Lipinski definition) is 2. The molecule has 31 heavy (non-hydrogen) atoms. The standard InChI is InChI=1S/C29H28O2/c1(4-10-24-16-20-28(21-17-24)30-26-12-6-2-7-13-26)5-11-25-18-22-29(23-19-25)31-27-14-8-3-9-15-27/h2-3,6-9,12-23H,1,4-5,10-11H2. The monoisotopic (exact) mass is 408 g/mol. The highest BCUT2D eigenvalue weighted by molar-refractivity contribution is 5.34. The first kappa shape index (κ1) is 20.7. The van der Waals surface area contributed by atoms with Crippen LogP contribution in [-0.2, 0) is 12.8 Å². The lowest BCUT2D eigenvalue weighted by atomic mass is 10.0. The third-order valence-electron chi connectivity index (χ3n) is 5.24. The summed E-state index contributed by atoms with van der Waals surface area (Å²) < 4.78 is 11.7. The van der Waals surface area contributed by atoms with Crippen LogP contribution in [0.15, 0.2) is 109 Å². The Morgan fingerprint density at radius 2 is 0.710 bits per heavy atom. The molecule has 0 aliphatic carbocycles. The van der Waals surface area contributed by atoms with Gasteiger partial charge in [0.15, 0.2) is 0 Å². The molecule has 0 fully saturated rings. The fourth-order valence-electron chi connectivity index (χ4n) is 3.53. The first-order chi connectivity index (χ1) is 15.3. The van der Waals surface area contributed by atoms with Crippen molar-refractivity contribution >= 4 is 0 Å². The number of para-hydroxylation sites is 2. The molecule has 4 aromatic carbocycles. The molecule has 0 radical (unpaired) electrons. The topological polar surface area (TPSA) is 18.5 Å². The van der Waals surface area contributed by atoms with Gasteiger partial charge in [-0.3, -0.25) is 0 Å². The molecule has 0 aliphatic heterocycles. The average molecular weight is 409 g/mol. The summed E-state index contributed by atoms with van der Waals surface area (Å²) in [6.45, 7) is 0. The molecule has 4 rings (SSSR count). The van der Waals surface area contributed by atoms with Gasteiger partial charge in [-0.05, 0) is 85.3 Å². The molecule has 0 unspecified atom stereocenters. The van der Waals surface area contributed by atoms with Gasteiger partial charge in [0.2, 0.25) is 0 Å². The van der Waals surface area contributed by atoms with Crippen LogP contribution in [0.3, 0.4) is 0 Å². The van der Waals surface area contributed by atoms with Gasteiger partial charge < -0.3 is 9.47 Å². The van der Waals surface area contributed by atoms with Gasteiger partial charge in [-0.2, -0.15) is 0 Å². The van der Waals surface area contributed by atoms with Crippen LogP contribution in [0.2, 0.25) is 0 Å². The maximum atomic E-state index is 5.86. The Labute approximate surface area is 185 Å². The van der Waals surface area contributed by atoms with Crippen LogP contribution in [-0.4, -0.2) is 0 Å². The predicted octanol–water partition coefficient (Wildman–Crippen LogP) is 8.23. The fraction of sp³-hybridized carbons (Fsp3) is 0.172. The Bertz CT molecular complexity index is 937. The van der Waals surface area contributed by atoms with Crippen molar-refractivity contribution in [2.24, 2.45) is 0 Å².